The summed E-state index contributed by atoms with van der Waals surface area (Å²) in [6.07, 6.45) is 0. The normalized spacial score (nSPS) is 6.43. The van der Waals surface area contributed by atoms with Crippen molar-refractivity contribution in [2.75, 3.05) is 0 Å². The molecule has 0 aromatic carbocycles. The van der Waals surface area contributed by atoms with E-state index in [2.05, 4.69) is 6.58 Å². The van der Waals surface area contributed by atoms with E-state index >= 15 is 0 Å². The van der Waals surface area contributed by atoms with Crippen molar-refractivity contribution in [2.45, 2.75) is 0 Å². The quantitative estimate of drug-likeness (QED) is 0.600. The number of hydrogen-bond acceptors (Lipinski definition) is 1. The van der Waals surface area contributed by atoms with E-state index in [4.69, 9.17) is 5.11 Å². The first-order valence-electron chi connectivity index (χ1n) is 1.22. The molecule has 42 valence electrons. The molecule has 1 N–H and O–H groups in total. The molecule has 0 aliphatic heterocycles. The first-order chi connectivity index (χ1) is 2.64. The van der Waals surface area contributed by atoms with Gasteiger partial charge in [-0.05, 0) is 0 Å². The van der Waals surface area contributed by atoms with Crippen LogP contribution in [0.25, 0.3) is 0 Å². The van der Waals surface area contributed by atoms with E-state index < -0.39 is 11.8 Å². The Balaban J connectivity index is 0. The minimum atomic E-state index is -1.60. The zero-order valence-electron chi connectivity index (χ0n) is 3.35. The predicted molar refractivity (Wildman–Crippen MR) is 28.2 cm³/mol. The van der Waals surface area contributed by atoms with Gasteiger partial charge in [0.15, 0.2) is 0 Å². The van der Waals surface area contributed by atoms with Crippen LogP contribution in [0.15, 0.2) is 12.4 Å². The molecule has 0 spiro atoms. The highest BCUT2D eigenvalue weighted by molar-refractivity contribution is 8.93. The monoisotopic (exact) mass is 170 g/mol. The van der Waals surface area contributed by atoms with Gasteiger partial charge in [0.2, 0.25) is 5.83 Å². The van der Waals surface area contributed by atoms with Gasteiger partial charge in [-0.3, -0.25) is 0 Å². The fraction of sp³-hybridized carbons (Fsp3) is 0. The van der Waals surface area contributed by atoms with Crippen molar-refractivity contribution in [1.82, 2.24) is 0 Å². The lowest BCUT2D eigenvalue weighted by Crippen LogP contribution is -1.90. The van der Waals surface area contributed by atoms with E-state index in [1.165, 1.54) is 0 Å². The average molecular weight is 171 g/mol. The molecular formula is C3H4BrFO2. The Morgan fingerprint density at radius 3 is 1.86 bits per heavy atom. The Morgan fingerprint density at radius 1 is 1.71 bits per heavy atom. The fourth-order valence-electron chi connectivity index (χ4n) is 0. The third kappa shape index (κ3) is 5.62. The maximum Gasteiger partial charge on any atom is 0.364 e. The van der Waals surface area contributed by atoms with Gasteiger partial charge < -0.3 is 5.11 Å². The lowest BCUT2D eigenvalue weighted by Gasteiger charge is -1.75. The molecule has 0 aliphatic rings. The molecule has 0 amide bonds. The second kappa shape index (κ2) is 3.80. The zero-order valence-corrected chi connectivity index (χ0v) is 5.06. The van der Waals surface area contributed by atoms with Crippen LogP contribution in [0.2, 0.25) is 0 Å². The number of halogens is 2. The van der Waals surface area contributed by atoms with Crippen molar-refractivity contribution < 1.29 is 14.3 Å². The van der Waals surface area contributed by atoms with Crippen molar-refractivity contribution in [3.63, 3.8) is 0 Å². The van der Waals surface area contributed by atoms with Gasteiger partial charge in [0.25, 0.3) is 0 Å². The smallest absolute Gasteiger partial charge is 0.364 e. The van der Waals surface area contributed by atoms with Crippen molar-refractivity contribution >= 4 is 23.0 Å². The molecule has 0 saturated heterocycles. The van der Waals surface area contributed by atoms with Crippen LogP contribution in [0.1, 0.15) is 0 Å². The minimum absolute atomic E-state index is 0. The van der Waals surface area contributed by atoms with Gasteiger partial charge in [-0.2, -0.15) is 4.39 Å². The summed E-state index contributed by atoms with van der Waals surface area (Å²) in [6.45, 7) is 2.49. The van der Waals surface area contributed by atoms with Crippen molar-refractivity contribution in [1.29, 1.82) is 0 Å². The summed E-state index contributed by atoms with van der Waals surface area (Å²) in [6, 6.07) is 0. The van der Waals surface area contributed by atoms with E-state index in [0.717, 1.165) is 0 Å². The summed E-state index contributed by atoms with van der Waals surface area (Å²) in [5.74, 6) is -2.93. The topological polar surface area (TPSA) is 37.3 Å². The van der Waals surface area contributed by atoms with Crippen LogP contribution in [0.5, 0.6) is 0 Å². The van der Waals surface area contributed by atoms with Crippen LogP contribution in [-0.4, -0.2) is 11.1 Å². The minimum Gasteiger partial charge on any atom is -0.476 e. The van der Waals surface area contributed by atoms with E-state index in [9.17, 15) is 9.18 Å². The van der Waals surface area contributed by atoms with Crippen LogP contribution in [0.3, 0.4) is 0 Å². The van der Waals surface area contributed by atoms with Crippen molar-refractivity contribution in [2.24, 2.45) is 0 Å². The predicted octanol–water partition coefficient (Wildman–Crippen LogP) is 1.13. The molecule has 0 aromatic rings. The summed E-state index contributed by atoms with van der Waals surface area (Å²) in [5, 5.41) is 7.52. The van der Waals surface area contributed by atoms with Gasteiger partial charge in [-0.25, -0.2) is 4.79 Å². The van der Waals surface area contributed by atoms with Crippen LogP contribution in [0, 0.1) is 0 Å². The lowest BCUT2D eigenvalue weighted by atomic mass is 10.6. The molecule has 0 unspecified atom stereocenters. The largest absolute Gasteiger partial charge is 0.476 e. The van der Waals surface area contributed by atoms with Crippen LogP contribution in [0.4, 0.5) is 4.39 Å². The molecule has 0 atom stereocenters. The molecular weight excluding hydrogens is 167 g/mol. The maximum atomic E-state index is 11.0. The highest BCUT2D eigenvalue weighted by atomic mass is 79.9. The third-order valence-electron chi connectivity index (χ3n) is 0.232. The Kier molecular flexibility index (Phi) is 5.31. The van der Waals surface area contributed by atoms with Gasteiger partial charge in [0.05, 0.1) is 0 Å². The zero-order chi connectivity index (χ0) is 5.15. The molecule has 0 radical (unpaired) electrons. The molecule has 0 aliphatic carbocycles. The highest BCUT2D eigenvalue weighted by Gasteiger charge is 1.96. The van der Waals surface area contributed by atoms with E-state index in [-0.39, 0.29) is 17.0 Å². The SMILES string of the molecule is Br.C=C(F)C(=O)O. The molecule has 4 heteroatoms. The van der Waals surface area contributed by atoms with Crippen LogP contribution < -0.4 is 0 Å². The van der Waals surface area contributed by atoms with Crippen LogP contribution >= 0.6 is 17.0 Å². The average Bonchev–Trinajstić information content (AvgIpc) is 1.36. The first kappa shape index (κ1) is 9.80. The molecule has 0 rings (SSSR count). The van der Waals surface area contributed by atoms with Gasteiger partial charge in [0, 0.05) is 0 Å². The molecule has 2 nitrogen and oxygen atoms in total. The molecule has 0 bridgehead atoms. The number of hydrogen-bond donors (Lipinski definition) is 1. The van der Waals surface area contributed by atoms with E-state index in [1.54, 1.807) is 0 Å². The van der Waals surface area contributed by atoms with E-state index in [1.807, 2.05) is 0 Å². The molecule has 0 saturated carbocycles. The first-order valence-corrected chi connectivity index (χ1v) is 1.22. The highest BCUT2D eigenvalue weighted by Crippen LogP contribution is 1.86. The van der Waals surface area contributed by atoms with Crippen molar-refractivity contribution in [3.8, 4) is 0 Å². The fourth-order valence-corrected chi connectivity index (χ4v) is 0. The van der Waals surface area contributed by atoms with Gasteiger partial charge in [-0.15, -0.1) is 17.0 Å². The summed E-state index contributed by atoms with van der Waals surface area (Å²) in [4.78, 5) is 9.22. The molecule has 0 heterocycles. The Hall–Kier alpha value is -0.380. The number of aliphatic carboxylic acids is 1. The lowest BCUT2D eigenvalue weighted by molar-refractivity contribution is -0.134. The molecule has 0 fully saturated rings. The maximum absolute atomic E-state index is 11.0. The second-order valence-electron chi connectivity index (χ2n) is 0.710. The van der Waals surface area contributed by atoms with Crippen molar-refractivity contribution in [3.05, 3.63) is 12.4 Å². The number of carboxylic acids is 1. The summed E-state index contributed by atoms with van der Waals surface area (Å²) >= 11 is 0. The molecule has 7 heavy (non-hydrogen) atoms. The standard InChI is InChI=1S/C3H3FO2.BrH/c1-2(4)3(5)6;/h1H2,(H,5,6);1H. The number of carboxylic acid groups (broad SMARTS) is 1. The Bertz CT molecular complexity index is 78.9. The summed E-state index contributed by atoms with van der Waals surface area (Å²) in [5.41, 5.74) is 0. The van der Waals surface area contributed by atoms with Crippen LogP contribution in [-0.2, 0) is 4.79 Å². The van der Waals surface area contributed by atoms with Gasteiger partial charge in [0.1, 0.15) is 0 Å². The molecule has 0 aromatic heterocycles. The second-order valence-corrected chi connectivity index (χ2v) is 0.710. The Labute approximate surface area is 50.4 Å². The third-order valence-corrected chi connectivity index (χ3v) is 0.232. The number of rotatable bonds is 1. The summed E-state index contributed by atoms with van der Waals surface area (Å²) in [7, 11) is 0. The van der Waals surface area contributed by atoms with Gasteiger partial charge in [-0.1, -0.05) is 6.58 Å². The summed E-state index contributed by atoms with van der Waals surface area (Å²) < 4.78 is 11.0. The number of carbonyl (C=O) groups is 1. The Morgan fingerprint density at radius 2 is 1.86 bits per heavy atom. The van der Waals surface area contributed by atoms with Gasteiger partial charge >= 0.3 is 5.97 Å². The van der Waals surface area contributed by atoms with E-state index in [0.29, 0.717) is 0 Å².